The second-order valence-corrected chi connectivity index (χ2v) is 10.7. The summed E-state index contributed by atoms with van der Waals surface area (Å²) in [6.45, 7) is 0. The van der Waals surface area contributed by atoms with E-state index in [1.807, 2.05) is 24.3 Å². The maximum Gasteiger partial charge on any atom is 0.326 e. The molecule has 0 aliphatic carbocycles. The molecule has 2 aromatic carbocycles. The molecule has 0 saturated carbocycles. The van der Waals surface area contributed by atoms with E-state index in [-0.39, 0.29) is 32.1 Å². The van der Waals surface area contributed by atoms with Crippen LogP contribution in [-0.4, -0.2) is 73.8 Å². The molecule has 2 aromatic heterocycles. The molecular weight excluding hydrogens is 580 g/mol. The smallest absolute Gasteiger partial charge is 0.326 e. The van der Waals surface area contributed by atoms with E-state index >= 15 is 0 Å². The Morgan fingerprint density at radius 3 is 2.11 bits per heavy atom. The molecule has 14 heteroatoms. The van der Waals surface area contributed by atoms with Gasteiger partial charge in [0.25, 0.3) is 0 Å². The van der Waals surface area contributed by atoms with Gasteiger partial charge in [0, 0.05) is 54.7 Å². The number of aromatic nitrogens is 3. The SMILES string of the molecule is NC(=O)CCC(N)C(=O)NC(Cc1c[nH]c2ccccc12)C(=O)NC(Cc1cnc[nH]1)C(=O)NC(Cc1ccccc1)C(=O)O. The van der Waals surface area contributed by atoms with Gasteiger partial charge in [-0.3, -0.25) is 19.2 Å². The summed E-state index contributed by atoms with van der Waals surface area (Å²) in [4.78, 5) is 73.6. The lowest BCUT2D eigenvalue weighted by Crippen LogP contribution is -2.58. The van der Waals surface area contributed by atoms with Gasteiger partial charge in [-0.15, -0.1) is 0 Å². The van der Waals surface area contributed by atoms with Crippen LogP contribution in [-0.2, 0) is 43.2 Å². The first-order chi connectivity index (χ1) is 21.6. The number of hydrogen-bond acceptors (Lipinski definition) is 7. The number of nitrogens with zero attached hydrogens (tertiary/aromatic N) is 1. The minimum Gasteiger partial charge on any atom is -0.480 e. The van der Waals surface area contributed by atoms with Crippen LogP contribution in [0.25, 0.3) is 10.9 Å². The molecule has 4 amide bonds. The molecule has 4 aromatic rings. The van der Waals surface area contributed by atoms with Crippen molar-refractivity contribution in [3.05, 3.63) is 90.1 Å². The van der Waals surface area contributed by atoms with Crippen LogP contribution in [0.5, 0.6) is 0 Å². The minimum absolute atomic E-state index is 0.0224. The zero-order valence-corrected chi connectivity index (χ0v) is 24.4. The Morgan fingerprint density at radius 1 is 0.800 bits per heavy atom. The second-order valence-electron chi connectivity index (χ2n) is 10.7. The molecule has 0 aliphatic heterocycles. The third-order valence-electron chi connectivity index (χ3n) is 7.28. The van der Waals surface area contributed by atoms with Crippen molar-refractivity contribution in [3.8, 4) is 0 Å². The number of nitrogens with one attached hydrogen (secondary N) is 5. The zero-order valence-electron chi connectivity index (χ0n) is 24.4. The van der Waals surface area contributed by atoms with Gasteiger partial charge in [-0.1, -0.05) is 48.5 Å². The van der Waals surface area contributed by atoms with Crippen LogP contribution in [0.3, 0.4) is 0 Å². The van der Waals surface area contributed by atoms with Gasteiger partial charge in [0.2, 0.25) is 23.6 Å². The van der Waals surface area contributed by atoms with Crippen molar-refractivity contribution in [1.82, 2.24) is 30.9 Å². The normalized spacial score (nSPS) is 13.7. The van der Waals surface area contributed by atoms with Crippen LogP contribution in [0, 0.1) is 0 Å². The highest BCUT2D eigenvalue weighted by molar-refractivity contribution is 5.95. The molecule has 4 atom stereocenters. The summed E-state index contributed by atoms with van der Waals surface area (Å²) in [7, 11) is 0. The lowest BCUT2D eigenvalue weighted by molar-refractivity contribution is -0.142. The average Bonchev–Trinajstić information content (AvgIpc) is 3.69. The quantitative estimate of drug-likeness (QED) is 0.0854. The minimum atomic E-state index is -1.27. The van der Waals surface area contributed by atoms with Crippen LogP contribution in [0.1, 0.15) is 29.7 Å². The molecule has 0 spiro atoms. The van der Waals surface area contributed by atoms with E-state index in [4.69, 9.17) is 11.5 Å². The number of H-pyrrole nitrogens is 2. The molecule has 0 saturated heterocycles. The zero-order chi connectivity index (χ0) is 32.3. The molecule has 236 valence electrons. The number of carbonyl (C=O) groups excluding carboxylic acids is 4. The van der Waals surface area contributed by atoms with E-state index in [2.05, 4.69) is 30.9 Å². The summed E-state index contributed by atoms with van der Waals surface area (Å²) in [6, 6.07) is 11.4. The van der Waals surface area contributed by atoms with Crippen molar-refractivity contribution in [2.75, 3.05) is 0 Å². The molecule has 0 aliphatic rings. The molecule has 10 N–H and O–H groups in total. The molecular formula is C31H36N8O6. The predicted molar refractivity (Wildman–Crippen MR) is 164 cm³/mol. The van der Waals surface area contributed by atoms with Crippen LogP contribution < -0.4 is 27.4 Å². The number of imidazole rings is 1. The maximum absolute atomic E-state index is 13.8. The third-order valence-corrected chi connectivity index (χ3v) is 7.28. The van der Waals surface area contributed by atoms with Gasteiger partial charge in [-0.2, -0.15) is 0 Å². The Morgan fingerprint density at radius 2 is 1.44 bits per heavy atom. The lowest BCUT2D eigenvalue weighted by Gasteiger charge is -2.25. The number of carbonyl (C=O) groups is 5. The Hall–Kier alpha value is -5.50. The third kappa shape index (κ3) is 9.24. The summed E-state index contributed by atoms with van der Waals surface area (Å²) in [5.41, 5.74) is 13.9. The fourth-order valence-corrected chi connectivity index (χ4v) is 4.86. The summed E-state index contributed by atoms with van der Waals surface area (Å²) >= 11 is 0. The molecule has 4 unspecified atom stereocenters. The van der Waals surface area contributed by atoms with Crippen molar-refractivity contribution >= 4 is 40.5 Å². The summed E-state index contributed by atoms with van der Waals surface area (Å²) in [5.74, 6) is -3.99. The van der Waals surface area contributed by atoms with Gasteiger partial charge < -0.3 is 42.5 Å². The van der Waals surface area contributed by atoms with Gasteiger partial charge in [0.1, 0.15) is 18.1 Å². The van der Waals surface area contributed by atoms with E-state index in [0.29, 0.717) is 11.3 Å². The van der Waals surface area contributed by atoms with Crippen molar-refractivity contribution in [2.45, 2.75) is 56.3 Å². The number of amides is 4. The number of rotatable bonds is 16. The molecule has 0 bridgehead atoms. The maximum atomic E-state index is 13.8. The van der Waals surface area contributed by atoms with Crippen molar-refractivity contribution in [1.29, 1.82) is 0 Å². The number of hydrogen-bond donors (Lipinski definition) is 8. The second kappa shape index (κ2) is 15.3. The molecule has 45 heavy (non-hydrogen) atoms. The summed E-state index contributed by atoms with van der Waals surface area (Å²) in [6.07, 6.45) is 4.49. The van der Waals surface area contributed by atoms with E-state index in [9.17, 15) is 29.1 Å². The fraction of sp³-hybridized carbons (Fsp3) is 0.290. The van der Waals surface area contributed by atoms with E-state index in [1.165, 1.54) is 12.5 Å². The number of carboxylic acid groups (broad SMARTS) is 1. The highest BCUT2D eigenvalue weighted by Gasteiger charge is 2.31. The summed E-state index contributed by atoms with van der Waals surface area (Å²) < 4.78 is 0. The number of aromatic amines is 2. The first-order valence-corrected chi connectivity index (χ1v) is 14.3. The molecule has 0 fully saturated rings. The highest BCUT2D eigenvalue weighted by Crippen LogP contribution is 2.19. The van der Waals surface area contributed by atoms with E-state index in [0.717, 1.165) is 16.5 Å². The Bertz CT molecular complexity index is 1620. The molecule has 2 heterocycles. The van der Waals surface area contributed by atoms with Crippen LogP contribution >= 0.6 is 0 Å². The Labute approximate surface area is 258 Å². The number of para-hydroxylation sites is 1. The Kier molecular flexibility index (Phi) is 11.0. The molecule has 4 rings (SSSR count). The lowest BCUT2D eigenvalue weighted by atomic mass is 10.0. The average molecular weight is 617 g/mol. The monoisotopic (exact) mass is 616 g/mol. The van der Waals surface area contributed by atoms with Crippen LogP contribution in [0.4, 0.5) is 0 Å². The number of benzene rings is 2. The van der Waals surface area contributed by atoms with E-state index in [1.54, 1.807) is 36.5 Å². The van der Waals surface area contributed by atoms with Gasteiger partial charge in [-0.25, -0.2) is 9.78 Å². The fourth-order valence-electron chi connectivity index (χ4n) is 4.86. The van der Waals surface area contributed by atoms with Gasteiger partial charge in [-0.05, 0) is 23.6 Å². The number of aliphatic carboxylic acids is 1. The van der Waals surface area contributed by atoms with Gasteiger partial charge >= 0.3 is 5.97 Å². The topological polar surface area (TPSA) is 238 Å². The first kappa shape index (κ1) is 32.4. The van der Waals surface area contributed by atoms with E-state index < -0.39 is 53.8 Å². The van der Waals surface area contributed by atoms with Crippen molar-refractivity contribution in [2.24, 2.45) is 11.5 Å². The van der Waals surface area contributed by atoms with Crippen LogP contribution in [0.2, 0.25) is 0 Å². The predicted octanol–water partition coefficient (Wildman–Crippen LogP) is 0.0507. The number of fused-ring (bicyclic) bond motifs is 1. The summed E-state index contributed by atoms with van der Waals surface area (Å²) in [5, 5.41) is 18.5. The highest BCUT2D eigenvalue weighted by atomic mass is 16.4. The first-order valence-electron chi connectivity index (χ1n) is 14.3. The van der Waals surface area contributed by atoms with Crippen LogP contribution in [0.15, 0.2) is 73.3 Å². The van der Waals surface area contributed by atoms with Gasteiger partial charge in [0.15, 0.2) is 0 Å². The van der Waals surface area contributed by atoms with Gasteiger partial charge in [0.05, 0.1) is 12.4 Å². The number of carboxylic acids is 1. The Balaban J connectivity index is 1.56. The van der Waals surface area contributed by atoms with Crippen molar-refractivity contribution in [3.63, 3.8) is 0 Å². The molecule has 0 radical (unpaired) electrons. The number of nitrogens with two attached hydrogens (primary N) is 2. The number of primary amides is 1. The standard InChI is InChI=1S/C31H36N8O6/c32-22(10-11-27(33)40)28(41)37-24(13-19-15-35-23-9-5-4-8-21(19)23)29(42)38-25(14-20-16-34-17-36-20)30(43)39-26(31(44)45)12-18-6-2-1-3-7-18/h1-9,15-17,22,24-26,35H,10-14,32H2,(H2,33,40)(H,34,36)(H,37,41)(H,38,42)(H,39,43)(H,44,45). The molecule has 14 nitrogen and oxygen atoms in total. The largest absolute Gasteiger partial charge is 0.480 e. The van der Waals surface area contributed by atoms with Crippen molar-refractivity contribution < 1.29 is 29.1 Å².